The van der Waals surface area contributed by atoms with Crippen LogP contribution in [0.25, 0.3) is 0 Å². The lowest BCUT2D eigenvalue weighted by Crippen LogP contribution is -2.34. The number of carbonyl (C=O) groups is 1. The smallest absolute Gasteiger partial charge is 0.257 e. The van der Waals surface area contributed by atoms with Crippen molar-refractivity contribution in [2.24, 2.45) is 0 Å². The molecule has 0 saturated heterocycles. The third-order valence-corrected chi connectivity index (χ3v) is 5.09. The minimum Gasteiger partial charge on any atom is -0.484 e. The lowest BCUT2D eigenvalue weighted by molar-refractivity contribution is -0.122. The van der Waals surface area contributed by atoms with Gasteiger partial charge >= 0.3 is 0 Å². The van der Waals surface area contributed by atoms with Gasteiger partial charge in [-0.3, -0.25) is 4.79 Å². The number of aliphatic hydroxyl groups is 1. The van der Waals surface area contributed by atoms with Crippen LogP contribution in [0.3, 0.4) is 0 Å². The summed E-state index contributed by atoms with van der Waals surface area (Å²) >= 11 is 1.55. The summed E-state index contributed by atoms with van der Waals surface area (Å²) in [5.74, 6) is 0.519. The molecule has 1 heterocycles. The van der Waals surface area contributed by atoms with E-state index < -0.39 is 6.10 Å². The number of nitrogens with one attached hydrogen (secondary N) is 1. The quantitative estimate of drug-likeness (QED) is 0.701. The summed E-state index contributed by atoms with van der Waals surface area (Å²) in [5, 5.41) is 15.7. The molecule has 0 radical (unpaired) electrons. The molecule has 0 bridgehead atoms. The fraction of sp³-hybridized carbons (Fsp3) is 0.474. The summed E-state index contributed by atoms with van der Waals surface area (Å²) in [6.07, 6.45) is 0.280. The second-order valence-corrected chi connectivity index (χ2v) is 7.47. The molecule has 6 nitrogen and oxygen atoms in total. The third kappa shape index (κ3) is 6.09. The second kappa shape index (κ2) is 9.66. The van der Waals surface area contributed by atoms with Crippen LogP contribution in [0.1, 0.15) is 29.3 Å². The molecule has 26 heavy (non-hydrogen) atoms. The minimum atomic E-state index is -0.576. The van der Waals surface area contributed by atoms with E-state index in [-0.39, 0.29) is 18.6 Å². The number of benzene rings is 1. The van der Waals surface area contributed by atoms with Crippen LogP contribution in [0.15, 0.2) is 29.6 Å². The lowest BCUT2D eigenvalue weighted by atomic mass is 10.1. The Bertz CT molecular complexity index is 702. The largest absolute Gasteiger partial charge is 0.484 e. The average molecular weight is 378 g/mol. The van der Waals surface area contributed by atoms with Crippen LogP contribution in [0.4, 0.5) is 0 Å². The van der Waals surface area contributed by atoms with Gasteiger partial charge in [0.25, 0.3) is 5.91 Å². The summed E-state index contributed by atoms with van der Waals surface area (Å²) < 4.78 is 5.41. The van der Waals surface area contributed by atoms with Crippen molar-refractivity contribution in [1.82, 2.24) is 15.2 Å². The number of thiazole rings is 1. The van der Waals surface area contributed by atoms with E-state index in [2.05, 4.69) is 22.1 Å². The fourth-order valence-corrected chi connectivity index (χ4v) is 3.18. The zero-order chi connectivity index (χ0) is 19.1. The number of carbonyl (C=O) groups excluding carboxylic acids is 1. The predicted molar refractivity (Wildman–Crippen MR) is 104 cm³/mol. The van der Waals surface area contributed by atoms with Gasteiger partial charge in [0.2, 0.25) is 0 Å². The van der Waals surface area contributed by atoms with Gasteiger partial charge in [-0.05, 0) is 45.0 Å². The van der Waals surface area contributed by atoms with E-state index in [1.165, 1.54) is 5.56 Å². The van der Waals surface area contributed by atoms with Gasteiger partial charge in [-0.15, -0.1) is 11.3 Å². The maximum Gasteiger partial charge on any atom is 0.257 e. The third-order valence-electron chi connectivity index (χ3n) is 4.29. The number of rotatable bonds is 9. The van der Waals surface area contributed by atoms with Crippen molar-refractivity contribution in [2.75, 3.05) is 27.2 Å². The maximum absolute atomic E-state index is 11.2. The van der Waals surface area contributed by atoms with Gasteiger partial charge in [-0.2, -0.15) is 0 Å². The van der Waals surface area contributed by atoms with Crippen LogP contribution in [-0.4, -0.2) is 54.2 Å². The number of likely N-dealkylation sites (N-methyl/N-ethyl adjacent to an activating group) is 2. The highest BCUT2D eigenvalue weighted by Gasteiger charge is 2.17. The highest BCUT2D eigenvalue weighted by Crippen LogP contribution is 2.19. The molecule has 7 heteroatoms. The lowest BCUT2D eigenvalue weighted by Gasteiger charge is -2.26. The van der Waals surface area contributed by atoms with Gasteiger partial charge in [-0.25, -0.2) is 4.98 Å². The highest BCUT2D eigenvalue weighted by atomic mass is 32.1. The van der Waals surface area contributed by atoms with E-state index in [9.17, 15) is 9.90 Å². The van der Waals surface area contributed by atoms with Gasteiger partial charge in [0.15, 0.2) is 6.61 Å². The first kappa shape index (κ1) is 20.4. The van der Waals surface area contributed by atoms with Crippen molar-refractivity contribution in [3.05, 3.63) is 45.9 Å². The molecular weight excluding hydrogens is 350 g/mol. The zero-order valence-corrected chi connectivity index (χ0v) is 16.5. The number of aliphatic hydroxyl groups excluding tert-OH is 1. The van der Waals surface area contributed by atoms with Crippen LogP contribution in [0.5, 0.6) is 5.75 Å². The first-order valence-electron chi connectivity index (χ1n) is 8.61. The molecule has 2 aromatic rings. The topological polar surface area (TPSA) is 74.7 Å². The summed E-state index contributed by atoms with van der Waals surface area (Å²) in [7, 11) is 3.59. The number of ether oxygens (including phenoxy) is 1. The first-order valence-corrected chi connectivity index (χ1v) is 9.49. The molecule has 0 spiro atoms. The first-order chi connectivity index (χ1) is 12.4. The van der Waals surface area contributed by atoms with E-state index in [1.807, 2.05) is 43.6 Å². The molecule has 0 saturated carbocycles. The van der Waals surface area contributed by atoms with Gasteiger partial charge in [0.05, 0.1) is 10.7 Å². The van der Waals surface area contributed by atoms with E-state index in [1.54, 1.807) is 18.4 Å². The number of hydrogen-bond donors (Lipinski definition) is 2. The van der Waals surface area contributed by atoms with Crippen molar-refractivity contribution in [2.45, 2.75) is 32.4 Å². The monoisotopic (exact) mass is 377 g/mol. The summed E-state index contributed by atoms with van der Waals surface area (Å²) in [5.41, 5.74) is 1.92. The molecular formula is C19H27N3O3S. The van der Waals surface area contributed by atoms with Crippen LogP contribution < -0.4 is 10.1 Å². The Balaban J connectivity index is 1.84. The van der Waals surface area contributed by atoms with Crippen molar-refractivity contribution in [3.8, 4) is 5.75 Å². The molecule has 2 N–H and O–H groups in total. The van der Waals surface area contributed by atoms with Crippen LogP contribution in [-0.2, 0) is 11.2 Å². The van der Waals surface area contributed by atoms with Crippen molar-refractivity contribution >= 4 is 17.2 Å². The zero-order valence-electron chi connectivity index (χ0n) is 15.7. The highest BCUT2D eigenvalue weighted by molar-refractivity contribution is 7.09. The van der Waals surface area contributed by atoms with E-state index in [0.717, 1.165) is 17.1 Å². The number of aryl methyl sites for hydroxylation is 1. The fourth-order valence-electron chi connectivity index (χ4n) is 2.52. The van der Waals surface area contributed by atoms with Crippen LogP contribution in [0.2, 0.25) is 0 Å². The molecule has 2 rings (SSSR count). The molecule has 0 aliphatic rings. The van der Waals surface area contributed by atoms with Gasteiger partial charge in [0.1, 0.15) is 11.9 Å². The molecule has 1 amide bonds. The Morgan fingerprint density at radius 1 is 1.38 bits per heavy atom. The summed E-state index contributed by atoms with van der Waals surface area (Å²) in [6, 6.07) is 8.02. The molecule has 1 aromatic heterocycles. The van der Waals surface area contributed by atoms with Gasteiger partial charge in [-0.1, -0.05) is 12.1 Å². The number of hydrogen-bond acceptors (Lipinski definition) is 6. The van der Waals surface area contributed by atoms with Crippen molar-refractivity contribution in [1.29, 1.82) is 0 Å². The molecule has 0 aliphatic heterocycles. The molecule has 0 aliphatic carbocycles. The van der Waals surface area contributed by atoms with E-state index >= 15 is 0 Å². The van der Waals surface area contributed by atoms with Gasteiger partial charge < -0.3 is 20.1 Å². The summed E-state index contributed by atoms with van der Waals surface area (Å²) in [4.78, 5) is 17.7. The Hall–Kier alpha value is -1.96. The van der Waals surface area contributed by atoms with Crippen LogP contribution >= 0.6 is 11.3 Å². The maximum atomic E-state index is 11.2. The predicted octanol–water partition coefficient (Wildman–Crippen LogP) is 2.17. The Morgan fingerprint density at radius 3 is 2.65 bits per heavy atom. The number of amides is 1. The molecule has 142 valence electrons. The van der Waals surface area contributed by atoms with E-state index in [4.69, 9.17) is 4.74 Å². The SMILES string of the molecule is CNC(=O)COc1ccc(CC(C)N(C)CC(O)c2csc(C)n2)cc1. The second-order valence-electron chi connectivity index (χ2n) is 6.41. The molecule has 0 fully saturated rings. The number of aromatic nitrogens is 1. The minimum absolute atomic E-state index is 0.0168. The van der Waals surface area contributed by atoms with Gasteiger partial charge in [0, 0.05) is 25.0 Å². The Morgan fingerprint density at radius 2 is 2.08 bits per heavy atom. The number of nitrogens with zero attached hydrogens (tertiary/aromatic N) is 2. The Kier molecular flexibility index (Phi) is 7.56. The Labute approximate surface area is 158 Å². The normalized spacial score (nSPS) is 13.5. The van der Waals surface area contributed by atoms with Crippen LogP contribution in [0, 0.1) is 6.92 Å². The van der Waals surface area contributed by atoms with E-state index in [0.29, 0.717) is 12.3 Å². The molecule has 2 atom stereocenters. The molecule has 2 unspecified atom stereocenters. The average Bonchev–Trinajstić information content (AvgIpc) is 3.07. The standard InChI is InChI=1S/C19H27N3O3S/c1-13(22(4)10-18(23)17-12-26-14(2)21-17)9-15-5-7-16(8-6-15)25-11-19(24)20-3/h5-8,12-13,18,23H,9-11H2,1-4H3,(H,20,24). The summed E-state index contributed by atoms with van der Waals surface area (Å²) in [6.45, 7) is 4.63. The van der Waals surface area contributed by atoms with Crippen molar-refractivity contribution in [3.63, 3.8) is 0 Å². The van der Waals surface area contributed by atoms with Crippen molar-refractivity contribution < 1.29 is 14.6 Å². The molecule has 1 aromatic carbocycles.